The van der Waals surface area contributed by atoms with Crippen molar-refractivity contribution in [3.05, 3.63) is 46.6 Å². The van der Waals surface area contributed by atoms with E-state index >= 15 is 0 Å². The second-order valence-corrected chi connectivity index (χ2v) is 4.23. The number of nitrogens with zero attached hydrogens (tertiary/aromatic N) is 2. The first kappa shape index (κ1) is 13.2. The van der Waals surface area contributed by atoms with Gasteiger partial charge in [0, 0.05) is 18.7 Å². The molecule has 0 atom stereocenters. The smallest absolute Gasteiger partial charge is 0.354 e. The number of carboxylic acid groups (broad SMARTS) is 1. The van der Waals surface area contributed by atoms with Crippen molar-refractivity contribution in [2.75, 3.05) is 0 Å². The molecule has 0 bridgehead atoms. The molecule has 2 rings (SSSR count). The van der Waals surface area contributed by atoms with Crippen LogP contribution in [0.25, 0.3) is 0 Å². The predicted octanol–water partition coefficient (Wildman–Crippen LogP) is 1.67. The van der Waals surface area contributed by atoms with E-state index in [1.54, 1.807) is 12.1 Å². The van der Waals surface area contributed by atoms with Crippen molar-refractivity contribution in [1.29, 1.82) is 0 Å². The van der Waals surface area contributed by atoms with Crippen molar-refractivity contribution in [2.45, 2.75) is 26.9 Å². The molecule has 6 nitrogen and oxygen atoms in total. The highest BCUT2D eigenvalue weighted by molar-refractivity contribution is 5.85. The number of carbonyl (C=O) groups is 1. The maximum absolute atomic E-state index is 10.8. The molecule has 0 amide bonds. The number of aromatic carboxylic acids is 1. The van der Waals surface area contributed by atoms with E-state index in [4.69, 9.17) is 9.63 Å². The quantitative estimate of drug-likeness (QED) is 0.851. The van der Waals surface area contributed by atoms with Crippen LogP contribution in [0.2, 0.25) is 0 Å². The third kappa shape index (κ3) is 3.17. The maximum Gasteiger partial charge on any atom is 0.354 e. The Hall–Kier alpha value is -2.21. The van der Waals surface area contributed by atoms with Gasteiger partial charge in [0.15, 0.2) is 0 Å². The summed E-state index contributed by atoms with van der Waals surface area (Å²) in [6.45, 7) is 4.85. The number of carboxylic acids is 1. The average Bonchev–Trinajstić information content (AvgIpc) is 2.71. The van der Waals surface area contributed by atoms with Gasteiger partial charge < -0.3 is 14.9 Å². The fourth-order valence-corrected chi connectivity index (χ4v) is 1.77. The lowest BCUT2D eigenvalue weighted by Gasteiger charge is -2.04. The monoisotopic (exact) mass is 261 g/mol. The van der Waals surface area contributed by atoms with Crippen LogP contribution in [-0.2, 0) is 13.1 Å². The Labute approximate surface area is 110 Å². The molecule has 0 unspecified atom stereocenters. The standard InChI is InChI=1S/C13H15N3O3/c1-8-11(9(2)19-16-8)7-14-6-10-4-3-5-12(15-10)13(17)18/h3-5,14H,6-7H2,1-2H3,(H,17,18). The van der Waals surface area contributed by atoms with Crippen LogP contribution in [0.1, 0.15) is 33.2 Å². The van der Waals surface area contributed by atoms with Gasteiger partial charge in [-0.2, -0.15) is 0 Å². The molecule has 0 saturated heterocycles. The van der Waals surface area contributed by atoms with Crippen molar-refractivity contribution >= 4 is 5.97 Å². The summed E-state index contributed by atoms with van der Waals surface area (Å²) in [5.41, 5.74) is 2.62. The summed E-state index contributed by atoms with van der Waals surface area (Å²) < 4.78 is 5.07. The third-order valence-corrected chi connectivity index (χ3v) is 2.81. The van der Waals surface area contributed by atoms with Crippen LogP contribution in [0.5, 0.6) is 0 Å². The molecule has 0 spiro atoms. The molecule has 19 heavy (non-hydrogen) atoms. The zero-order valence-corrected chi connectivity index (χ0v) is 10.8. The first-order valence-electron chi connectivity index (χ1n) is 5.89. The van der Waals surface area contributed by atoms with Gasteiger partial charge in [-0.1, -0.05) is 11.2 Å². The summed E-state index contributed by atoms with van der Waals surface area (Å²) in [5.74, 6) is -0.232. The van der Waals surface area contributed by atoms with E-state index < -0.39 is 5.97 Å². The summed E-state index contributed by atoms with van der Waals surface area (Å²) in [6.07, 6.45) is 0. The van der Waals surface area contributed by atoms with Gasteiger partial charge in [0.25, 0.3) is 0 Å². The molecule has 0 aliphatic heterocycles. The van der Waals surface area contributed by atoms with Crippen molar-refractivity contribution in [2.24, 2.45) is 0 Å². The van der Waals surface area contributed by atoms with Crippen LogP contribution < -0.4 is 5.32 Å². The third-order valence-electron chi connectivity index (χ3n) is 2.81. The molecule has 2 N–H and O–H groups in total. The van der Waals surface area contributed by atoms with Crippen LogP contribution >= 0.6 is 0 Å². The van der Waals surface area contributed by atoms with Gasteiger partial charge in [0.1, 0.15) is 11.5 Å². The Kier molecular flexibility index (Phi) is 3.91. The van der Waals surface area contributed by atoms with Crippen LogP contribution in [0.15, 0.2) is 22.7 Å². The second kappa shape index (κ2) is 5.62. The topological polar surface area (TPSA) is 88.2 Å². The van der Waals surface area contributed by atoms with Gasteiger partial charge in [-0.3, -0.25) is 0 Å². The Balaban J connectivity index is 1.96. The SMILES string of the molecule is Cc1noc(C)c1CNCc1cccc(C(=O)O)n1. The molecule has 0 aliphatic rings. The van der Waals surface area contributed by atoms with Gasteiger partial charge in [-0.05, 0) is 26.0 Å². The molecule has 0 fully saturated rings. The zero-order chi connectivity index (χ0) is 13.8. The minimum atomic E-state index is -1.02. The van der Waals surface area contributed by atoms with Crippen LogP contribution in [0, 0.1) is 13.8 Å². The number of nitrogens with one attached hydrogen (secondary N) is 1. The number of pyridine rings is 1. The second-order valence-electron chi connectivity index (χ2n) is 4.23. The van der Waals surface area contributed by atoms with E-state index in [1.165, 1.54) is 6.07 Å². The number of hydrogen-bond acceptors (Lipinski definition) is 5. The van der Waals surface area contributed by atoms with E-state index in [1.807, 2.05) is 13.8 Å². The molecule has 0 aromatic carbocycles. The molecule has 2 aromatic rings. The Morgan fingerprint density at radius 3 is 2.79 bits per heavy atom. The fourth-order valence-electron chi connectivity index (χ4n) is 1.77. The molecule has 2 heterocycles. The number of rotatable bonds is 5. The van der Waals surface area contributed by atoms with E-state index in [-0.39, 0.29) is 5.69 Å². The van der Waals surface area contributed by atoms with Gasteiger partial charge in [-0.15, -0.1) is 0 Å². The summed E-state index contributed by atoms with van der Waals surface area (Å²) in [5, 5.41) is 15.9. The van der Waals surface area contributed by atoms with Crippen molar-refractivity contribution in [3.8, 4) is 0 Å². The Morgan fingerprint density at radius 1 is 1.37 bits per heavy atom. The van der Waals surface area contributed by atoms with E-state index in [9.17, 15) is 4.79 Å². The molecule has 0 aliphatic carbocycles. The lowest BCUT2D eigenvalue weighted by molar-refractivity contribution is 0.0690. The maximum atomic E-state index is 10.8. The van der Waals surface area contributed by atoms with Gasteiger partial charge in [0.05, 0.1) is 11.4 Å². The molecule has 0 saturated carbocycles. The molecular weight excluding hydrogens is 246 g/mol. The highest BCUT2D eigenvalue weighted by Gasteiger charge is 2.09. The Bertz CT molecular complexity index is 573. The first-order valence-corrected chi connectivity index (χ1v) is 5.89. The summed E-state index contributed by atoms with van der Waals surface area (Å²) in [6, 6.07) is 4.94. The Morgan fingerprint density at radius 2 is 2.16 bits per heavy atom. The summed E-state index contributed by atoms with van der Waals surface area (Å²) in [7, 11) is 0. The number of aromatic nitrogens is 2. The lowest BCUT2D eigenvalue weighted by atomic mass is 10.2. The highest BCUT2D eigenvalue weighted by atomic mass is 16.5. The highest BCUT2D eigenvalue weighted by Crippen LogP contribution is 2.11. The van der Waals surface area contributed by atoms with Crippen molar-refractivity contribution in [1.82, 2.24) is 15.5 Å². The van der Waals surface area contributed by atoms with Gasteiger partial charge in [-0.25, -0.2) is 9.78 Å². The minimum Gasteiger partial charge on any atom is -0.477 e. The van der Waals surface area contributed by atoms with E-state index in [2.05, 4.69) is 15.5 Å². The van der Waals surface area contributed by atoms with E-state index in [0.29, 0.717) is 18.8 Å². The predicted molar refractivity (Wildman–Crippen MR) is 67.7 cm³/mol. The molecule has 2 aromatic heterocycles. The van der Waals surface area contributed by atoms with E-state index in [0.717, 1.165) is 17.0 Å². The van der Waals surface area contributed by atoms with Crippen LogP contribution in [0.3, 0.4) is 0 Å². The normalized spacial score (nSPS) is 10.6. The van der Waals surface area contributed by atoms with Gasteiger partial charge >= 0.3 is 5.97 Å². The molecule has 6 heteroatoms. The summed E-state index contributed by atoms with van der Waals surface area (Å²) in [4.78, 5) is 14.8. The fraction of sp³-hybridized carbons (Fsp3) is 0.308. The number of hydrogen-bond donors (Lipinski definition) is 2. The summed E-state index contributed by atoms with van der Waals surface area (Å²) >= 11 is 0. The van der Waals surface area contributed by atoms with Crippen LogP contribution in [-0.4, -0.2) is 21.2 Å². The molecule has 0 radical (unpaired) electrons. The largest absolute Gasteiger partial charge is 0.477 e. The number of aryl methyl sites for hydroxylation is 2. The zero-order valence-electron chi connectivity index (χ0n) is 10.8. The van der Waals surface area contributed by atoms with Gasteiger partial charge in [0.2, 0.25) is 0 Å². The lowest BCUT2D eigenvalue weighted by Crippen LogP contribution is -2.15. The first-order chi connectivity index (χ1) is 9.08. The molecule has 100 valence electrons. The van der Waals surface area contributed by atoms with Crippen LogP contribution in [0.4, 0.5) is 0 Å². The van der Waals surface area contributed by atoms with Crippen molar-refractivity contribution < 1.29 is 14.4 Å². The molecular formula is C13H15N3O3. The van der Waals surface area contributed by atoms with Crippen molar-refractivity contribution in [3.63, 3.8) is 0 Å². The minimum absolute atomic E-state index is 0.0524. The average molecular weight is 261 g/mol.